The van der Waals surface area contributed by atoms with Crippen molar-refractivity contribution in [3.63, 3.8) is 0 Å². The summed E-state index contributed by atoms with van der Waals surface area (Å²) >= 11 is 0. The van der Waals surface area contributed by atoms with Gasteiger partial charge in [-0.25, -0.2) is 8.42 Å². The van der Waals surface area contributed by atoms with Gasteiger partial charge in [0.15, 0.2) is 15.6 Å². The topological polar surface area (TPSA) is 75.0 Å². The Morgan fingerprint density at radius 2 is 1.73 bits per heavy atom. The van der Waals surface area contributed by atoms with Gasteiger partial charge in [0.05, 0.1) is 22.3 Å². The van der Waals surface area contributed by atoms with Crippen molar-refractivity contribution in [1.82, 2.24) is 0 Å². The van der Waals surface area contributed by atoms with E-state index in [1.165, 1.54) is 12.1 Å². The van der Waals surface area contributed by atoms with E-state index in [1.54, 1.807) is 42.5 Å². The van der Waals surface area contributed by atoms with Crippen LogP contribution in [0.1, 0.15) is 21.5 Å². The lowest BCUT2D eigenvalue weighted by Gasteiger charge is -2.17. The molecule has 0 radical (unpaired) electrons. The van der Waals surface area contributed by atoms with Gasteiger partial charge in [-0.15, -0.1) is 0 Å². The molecule has 22 heavy (non-hydrogen) atoms. The van der Waals surface area contributed by atoms with E-state index in [0.29, 0.717) is 11.1 Å². The average Bonchev–Trinajstić information content (AvgIpc) is 2.53. The van der Waals surface area contributed by atoms with Gasteiger partial charge in [-0.1, -0.05) is 24.3 Å². The fourth-order valence-electron chi connectivity index (χ4n) is 2.41. The monoisotopic (exact) mass is 309 g/mol. The molecule has 0 unspecified atom stereocenters. The second kappa shape index (κ2) is 5.24. The smallest absolute Gasteiger partial charge is 0.191 e. The summed E-state index contributed by atoms with van der Waals surface area (Å²) in [6, 6.07) is 14.9. The molecule has 0 saturated heterocycles. The van der Waals surface area contributed by atoms with Crippen molar-refractivity contribution >= 4 is 21.7 Å². The predicted octanol–water partition coefficient (Wildman–Crippen LogP) is 2.61. The summed E-state index contributed by atoms with van der Waals surface area (Å²) in [5.41, 5.74) is 1.66. The molecule has 2 aromatic rings. The van der Waals surface area contributed by atoms with Gasteiger partial charge in [-0.2, -0.15) is 5.26 Å². The van der Waals surface area contributed by atoms with Crippen molar-refractivity contribution in [2.75, 3.05) is 5.75 Å². The van der Waals surface area contributed by atoms with Crippen LogP contribution in [0.15, 0.2) is 59.0 Å². The Bertz CT molecular complexity index is 933. The Morgan fingerprint density at radius 1 is 1.05 bits per heavy atom. The number of Topliss-reactive ketones (excluding diaryl/α,β-unsaturated/α-hetero) is 1. The van der Waals surface area contributed by atoms with Gasteiger partial charge in [0.2, 0.25) is 0 Å². The lowest BCUT2D eigenvalue weighted by Crippen LogP contribution is -2.24. The molecule has 5 heteroatoms. The first-order chi connectivity index (χ1) is 10.5. The highest BCUT2D eigenvalue weighted by Gasteiger charge is 2.32. The molecule has 1 aliphatic rings. The summed E-state index contributed by atoms with van der Waals surface area (Å²) in [6.07, 6.45) is 1.57. The minimum absolute atomic E-state index is 0.0944. The van der Waals surface area contributed by atoms with Crippen LogP contribution in [-0.4, -0.2) is 20.0 Å². The second-order valence-electron chi connectivity index (χ2n) is 4.99. The first-order valence-electron chi connectivity index (χ1n) is 6.58. The normalized spacial score (nSPS) is 17.8. The summed E-state index contributed by atoms with van der Waals surface area (Å²) in [5, 5.41) is 8.77. The largest absolute Gasteiger partial charge is 0.289 e. The molecule has 0 spiro atoms. The van der Waals surface area contributed by atoms with Gasteiger partial charge in [0, 0.05) is 11.1 Å². The zero-order valence-corrected chi connectivity index (χ0v) is 12.3. The lowest BCUT2D eigenvalue weighted by molar-refractivity contribution is 0.103. The van der Waals surface area contributed by atoms with E-state index in [-0.39, 0.29) is 27.6 Å². The fraction of sp³-hybridized carbons (Fsp3) is 0.0588. The third-order valence-electron chi connectivity index (χ3n) is 3.48. The summed E-state index contributed by atoms with van der Waals surface area (Å²) in [4.78, 5) is 12.5. The third kappa shape index (κ3) is 2.45. The zero-order chi connectivity index (χ0) is 15.7. The SMILES string of the molecule is N#Cc1ccc(/C=C2/CS(=O)(=O)c3ccccc3C2=O)cc1. The van der Waals surface area contributed by atoms with Crippen LogP contribution in [-0.2, 0) is 9.84 Å². The summed E-state index contributed by atoms with van der Waals surface area (Å²) in [5.74, 6) is -0.571. The molecule has 0 aromatic heterocycles. The van der Waals surface area contributed by atoms with Crippen LogP contribution in [0.5, 0.6) is 0 Å². The number of benzene rings is 2. The molecule has 0 aliphatic carbocycles. The molecule has 0 bridgehead atoms. The van der Waals surface area contributed by atoms with Crippen molar-refractivity contribution in [1.29, 1.82) is 5.26 Å². The number of hydrogen-bond acceptors (Lipinski definition) is 4. The van der Waals surface area contributed by atoms with E-state index >= 15 is 0 Å². The number of ketones is 1. The lowest BCUT2D eigenvalue weighted by atomic mass is 10.0. The summed E-state index contributed by atoms with van der Waals surface area (Å²) in [7, 11) is -3.50. The Hall–Kier alpha value is -2.71. The van der Waals surface area contributed by atoms with Gasteiger partial charge < -0.3 is 0 Å². The number of carbonyl (C=O) groups excluding carboxylic acids is 1. The number of hydrogen-bond donors (Lipinski definition) is 0. The van der Waals surface area contributed by atoms with Gasteiger partial charge >= 0.3 is 0 Å². The first kappa shape index (κ1) is 14.2. The van der Waals surface area contributed by atoms with Crippen molar-refractivity contribution in [2.45, 2.75) is 4.90 Å². The molecule has 0 amide bonds. The van der Waals surface area contributed by atoms with E-state index in [2.05, 4.69) is 0 Å². The minimum Gasteiger partial charge on any atom is -0.289 e. The molecule has 3 rings (SSSR count). The number of sulfone groups is 1. The molecular weight excluding hydrogens is 298 g/mol. The highest BCUT2D eigenvalue weighted by atomic mass is 32.2. The van der Waals surface area contributed by atoms with E-state index in [4.69, 9.17) is 5.26 Å². The number of rotatable bonds is 1. The molecule has 0 N–H and O–H groups in total. The third-order valence-corrected chi connectivity index (χ3v) is 5.20. The van der Waals surface area contributed by atoms with E-state index < -0.39 is 9.84 Å². The number of nitrogens with zero attached hydrogens (tertiary/aromatic N) is 1. The van der Waals surface area contributed by atoms with Gasteiger partial charge in [-0.05, 0) is 35.9 Å². The standard InChI is InChI=1S/C17H11NO3S/c18-10-13-7-5-12(6-8-13)9-14-11-22(20,21)16-4-2-1-3-15(16)17(14)19/h1-9H,11H2/b14-9-. The highest BCUT2D eigenvalue weighted by Crippen LogP contribution is 2.28. The maximum absolute atomic E-state index is 12.4. The van der Waals surface area contributed by atoms with Crippen LogP contribution in [0, 0.1) is 11.3 Å². The van der Waals surface area contributed by atoms with Crippen molar-refractivity contribution in [3.05, 3.63) is 70.8 Å². The average molecular weight is 309 g/mol. The molecular formula is C17H11NO3S. The number of nitriles is 1. The van der Waals surface area contributed by atoms with Crippen LogP contribution in [0.4, 0.5) is 0 Å². The van der Waals surface area contributed by atoms with Gasteiger partial charge in [0.25, 0.3) is 0 Å². The van der Waals surface area contributed by atoms with Crippen LogP contribution in [0.2, 0.25) is 0 Å². The van der Waals surface area contributed by atoms with E-state index in [1.807, 2.05) is 6.07 Å². The van der Waals surface area contributed by atoms with Crippen molar-refractivity contribution < 1.29 is 13.2 Å². The number of fused-ring (bicyclic) bond motifs is 1. The van der Waals surface area contributed by atoms with E-state index in [9.17, 15) is 13.2 Å². The van der Waals surface area contributed by atoms with Crippen LogP contribution >= 0.6 is 0 Å². The Kier molecular flexibility index (Phi) is 3.39. The minimum atomic E-state index is -3.50. The molecule has 0 fully saturated rings. The predicted molar refractivity (Wildman–Crippen MR) is 82.0 cm³/mol. The van der Waals surface area contributed by atoms with Crippen molar-refractivity contribution in [2.24, 2.45) is 0 Å². The molecule has 2 aromatic carbocycles. The van der Waals surface area contributed by atoms with Gasteiger partial charge in [0.1, 0.15) is 0 Å². The zero-order valence-electron chi connectivity index (χ0n) is 11.5. The Morgan fingerprint density at radius 3 is 2.41 bits per heavy atom. The summed E-state index contributed by atoms with van der Waals surface area (Å²) in [6.45, 7) is 0. The first-order valence-corrected chi connectivity index (χ1v) is 8.24. The van der Waals surface area contributed by atoms with Crippen molar-refractivity contribution in [3.8, 4) is 6.07 Å². The molecule has 1 aliphatic heterocycles. The fourth-order valence-corrected chi connectivity index (χ4v) is 3.97. The summed E-state index contributed by atoms with van der Waals surface area (Å²) < 4.78 is 24.6. The Balaban J connectivity index is 2.08. The second-order valence-corrected chi connectivity index (χ2v) is 6.95. The maximum atomic E-state index is 12.4. The molecule has 4 nitrogen and oxygen atoms in total. The quantitative estimate of drug-likeness (QED) is 0.759. The highest BCUT2D eigenvalue weighted by molar-refractivity contribution is 7.91. The number of carbonyl (C=O) groups is 1. The molecule has 0 atom stereocenters. The molecule has 0 saturated carbocycles. The van der Waals surface area contributed by atoms with Crippen LogP contribution in [0.3, 0.4) is 0 Å². The van der Waals surface area contributed by atoms with Gasteiger partial charge in [-0.3, -0.25) is 4.79 Å². The van der Waals surface area contributed by atoms with Crippen LogP contribution < -0.4 is 0 Å². The maximum Gasteiger partial charge on any atom is 0.191 e. The van der Waals surface area contributed by atoms with E-state index in [0.717, 1.165) is 0 Å². The molecule has 108 valence electrons. The Labute approximate surface area is 128 Å². The molecule has 1 heterocycles. The van der Waals surface area contributed by atoms with Crippen LogP contribution in [0.25, 0.3) is 6.08 Å².